The van der Waals surface area contributed by atoms with Crippen molar-refractivity contribution in [1.29, 1.82) is 0 Å². The maximum atomic E-state index is 11.9. The number of benzene rings is 2. The summed E-state index contributed by atoms with van der Waals surface area (Å²) in [4.78, 5) is 11.9. The van der Waals surface area contributed by atoms with E-state index in [4.69, 9.17) is 19.3 Å². The van der Waals surface area contributed by atoms with E-state index in [0.29, 0.717) is 17.7 Å². The van der Waals surface area contributed by atoms with Crippen LogP contribution in [-0.4, -0.2) is 28.6 Å². The fraction of sp³-hybridized carbons (Fsp3) is 0.458. The number of nitrogens with two attached hydrogens (primary N) is 1. The molecule has 2 aromatic rings. The Kier molecular flexibility index (Phi) is 7.15. The Balaban J connectivity index is 1.86. The number of esters is 1. The van der Waals surface area contributed by atoms with Crippen LogP contribution in [0.2, 0.25) is 0 Å². The number of carbonyl (C=O) groups is 1. The highest BCUT2D eigenvalue weighted by atomic mass is 32.2. The predicted molar refractivity (Wildman–Crippen MR) is 123 cm³/mol. The molecule has 0 bridgehead atoms. The van der Waals surface area contributed by atoms with Crippen LogP contribution in [0.25, 0.3) is 11.1 Å². The van der Waals surface area contributed by atoms with Gasteiger partial charge in [-0.05, 0) is 56.4 Å². The van der Waals surface area contributed by atoms with Crippen LogP contribution in [0.1, 0.15) is 56.8 Å². The quantitative estimate of drug-likeness (QED) is 0.440. The normalized spacial score (nSPS) is 15.3. The van der Waals surface area contributed by atoms with Crippen molar-refractivity contribution < 1.29 is 27.4 Å². The average Bonchev–Trinajstić information content (AvgIpc) is 2.74. The molecule has 0 saturated heterocycles. The first-order valence-corrected chi connectivity index (χ1v) is 12.3. The van der Waals surface area contributed by atoms with E-state index in [1.807, 2.05) is 44.2 Å². The summed E-state index contributed by atoms with van der Waals surface area (Å²) in [7, 11) is -0.636. The minimum Gasteiger partial charge on any atom is -0.496 e. The van der Waals surface area contributed by atoms with Gasteiger partial charge in [-0.3, -0.25) is 4.79 Å². The number of carbonyl (C=O) groups excluding carboxylic acids is 1. The van der Waals surface area contributed by atoms with E-state index < -0.39 is 15.4 Å². The molecule has 174 valence electrons. The molecular weight excluding hydrogens is 430 g/mol. The third-order valence-electron chi connectivity index (χ3n) is 5.83. The number of hydrogen-bond acceptors (Lipinski definition) is 6. The number of sulfonamides is 1. The van der Waals surface area contributed by atoms with Gasteiger partial charge in [0.15, 0.2) is 0 Å². The second-order valence-electron chi connectivity index (χ2n) is 8.79. The number of hydrogen-bond donors (Lipinski definition) is 1. The lowest BCUT2D eigenvalue weighted by Gasteiger charge is -2.30. The van der Waals surface area contributed by atoms with Crippen LogP contribution in [0.5, 0.6) is 11.5 Å². The zero-order valence-electron chi connectivity index (χ0n) is 19.0. The third kappa shape index (κ3) is 5.42. The van der Waals surface area contributed by atoms with Crippen molar-refractivity contribution in [1.82, 2.24) is 0 Å². The number of fused-ring (bicyclic) bond motifs is 3. The van der Waals surface area contributed by atoms with E-state index in [1.165, 1.54) is 7.11 Å². The fourth-order valence-corrected chi connectivity index (χ4v) is 4.82. The molecule has 2 aromatic carbocycles. The molecule has 1 heterocycles. The standard InChI is InChI=1S/C24H31NO6S/c1-24(2,23(26)30-4)13-6-5-8-19-18-14-16(15-32(25,27)28)11-12-17(18)22-20(29-3)9-7-10-21(22)31-19/h7,9-12,14,19H,5-6,8,13,15H2,1-4H3,(H2,25,27,28). The van der Waals surface area contributed by atoms with Gasteiger partial charge < -0.3 is 14.2 Å². The van der Waals surface area contributed by atoms with Crippen molar-refractivity contribution in [3.8, 4) is 22.6 Å². The zero-order chi connectivity index (χ0) is 23.5. The molecule has 2 N–H and O–H groups in total. The highest BCUT2D eigenvalue weighted by molar-refractivity contribution is 7.88. The van der Waals surface area contributed by atoms with E-state index in [2.05, 4.69) is 0 Å². The Labute approximate surface area is 189 Å². The van der Waals surface area contributed by atoms with Crippen molar-refractivity contribution in [2.45, 2.75) is 51.4 Å². The van der Waals surface area contributed by atoms with Gasteiger partial charge in [0.1, 0.15) is 17.6 Å². The lowest BCUT2D eigenvalue weighted by atomic mass is 9.85. The predicted octanol–water partition coefficient (Wildman–Crippen LogP) is 4.34. The topological polar surface area (TPSA) is 105 Å². The monoisotopic (exact) mass is 461 g/mol. The SMILES string of the molecule is COC(=O)C(C)(C)CCCCC1Oc2cccc(OC)c2-c2ccc(CS(N)(=O)=O)cc21. The Morgan fingerprint density at radius 2 is 1.91 bits per heavy atom. The highest BCUT2D eigenvalue weighted by Crippen LogP contribution is 2.48. The lowest BCUT2D eigenvalue weighted by Crippen LogP contribution is -2.25. The van der Waals surface area contributed by atoms with Gasteiger partial charge in [0.2, 0.25) is 10.0 Å². The molecule has 1 aliphatic rings. The molecule has 0 fully saturated rings. The van der Waals surface area contributed by atoms with E-state index in [9.17, 15) is 13.2 Å². The molecule has 7 nitrogen and oxygen atoms in total. The van der Waals surface area contributed by atoms with Crippen molar-refractivity contribution >= 4 is 16.0 Å². The maximum Gasteiger partial charge on any atom is 0.311 e. The minimum absolute atomic E-state index is 0.217. The molecule has 1 atom stereocenters. The van der Waals surface area contributed by atoms with E-state index in [0.717, 1.165) is 41.7 Å². The Bertz CT molecular complexity index is 1090. The summed E-state index contributed by atoms with van der Waals surface area (Å²) in [6.07, 6.45) is 2.85. The van der Waals surface area contributed by atoms with Gasteiger partial charge in [-0.25, -0.2) is 13.6 Å². The summed E-state index contributed by atoms with van der Waals surface area (Å²) in [6.45, 7) is 3.76. The number of rotatable bonds is 9. The molecule has 0 aliphatic carbocycles. The second kappa shape index (κ2) is 9.50. The summed E-state index contributed by atoms with van der Waals surface area (Å²) in [6, 6.07) is 11.2. The Morgan fingerprint density at radius 1 is 1.16 bits per heavy atom. The van der Waals surface area contributed by atoms with Gasteiger partial charge in [0.05, 0.1) is 31.0 Å². The van der Waals surface area contributed by atoms with Gasteiger partial charge in [-0.15, -0.1) is 0 Å². The molecule has 0 aromatic heterocycles. The number of methoxy groups -OCH3 is 2. The van der Waals surface area contributed by atoms with Crippen LogP contribution in [0, 0.1) is 5.41 Å². The molecular formula is C24H31NO6S. The van der Waals surface area contributed by atoms with Gasteiger partial charge >= 0.3 is 5.97 Å². The summed E-state index contributed by atoms with van der Waals surface area (Å²) in [5, 5.41) is 5.26. The first-order valence-electron chi connectivity index (χ1n) is 10.6. The van der Waals surface area contributed by atoms with Gasteiger partial charge in [-0.2, -0.15) is 0 Å². The number of ether oxygens (including phenoxy) is 3. The van der Waals surface area contributed by atoms with Crippen LogP contribution in [0.15, 0.2) is 36.4 Å². The van der Waals surface area contributed by atoms with Crippen molar-refractivity contribution in [2.75, 3.05) is 14.2 Å². The molecule has 0 amide bonds. The summed E-state index contributed by atoms with van der Waals surface area (Å²) < 4.78 is 40.0. The summed E-state index contributed by atoms with van der Waals surface area (Å²) in [5.74, 6) is 0.974. The van der Waals surface area contributed by atoms with Crippen LogP contribution in [-0.2, 0) is 25.3 Å². The minimum atomic E-state index is -3.65. The Hall–Kier alpha value is -2.58. The van der Waals surface area contributed by atoms with Crippen molar-refractivity contribution in [3.05, 3.63) is 47.5 Å². The summed E-state index contributed by atoms with van der Waals surface area (Å²) >= 11 is 0. The number of primary sulfonamides is 1. The van der Waals surface area contributed by atoms with Crippen LogP contribution >= 0.6 is 0 Å². The lowest BCUT2D eigenvalue weighted by molar-refractivity contribution is -0.151. The molecule has 32 heavy (non-hydrogen) atoms. The summed E-state index contributed by atoms with van der Waals surface area (Å²) in [5.41, 5.74) is 2.81. The first kappa shape index (κ1) is 24.1. The van der Waals surface area contributed by atoms with Crippen molar-refractivity contribution in [3.63, 3.8) is 0 Å². The largest absolute Gasteiger partial charge is 0.496 e. The average molecular weight is 462 g/mol. The van der Waals surface area contributed by atoms with Gasteiger partial charge in [0.25, 0.3) is 0 Å². The molecule has 0 radical (unpaired) electrons. The molecule has 3 rings (SSSR count). The molecule has 1 aliphatic heterocycles. The molecule has 0 spiro atoms. The number of unbranched alkanes of at least 4 members (excludes halogenated alkanes) is 1. The second-order valence-corrected chi connectivity index (χ2v) is 10.4. The van der Waals surface area contributed by atoms with Crippen molar-refractivity contribution in [2.24, 2.45) is 10.6 Å². The zero-order valence-corrected chi connectivity index (χ0v) is 19.8. The molecule has 1 unspecified atom stereocenters. The van der Waals surface area contributed by atoms with E-state index in [-0.39, 0.29) is 17.8 Å². The maximum absolute atomic E-state index is 11.9. The van der Waals surface area contributed by atoms with E-state index >= 15 is 0 Å². The molecule has 0 saturated carbocycles. The smallest absolute Gasteiger partial charge is 0.311 e. The van der Waals surface area contributed by atoms with Crippen LogP contribution in [0.4, 0.5) is 0 Å². The van der Waals surface area contributed by atoms with Crippen LogP contribution in [0.3, 0.4) is 0 Å². The van der Waals surface area contributed by atoms with Gasteiger partial charge in [0, 0.05) is 5.56 Å². The van der Waals surface area contributed by atoms with Crippen LogP contribution < -0.4 is 14.6 Å². The fourth-order valence-electron chi connectivity index (χ4n) is 4.18. The molecule has 8 heteroatoms. The van der Waals surface area contributed by atoms with E-state index in [1.54, 1.807) is 13.2 Å². The first-order chi connectivity index (χ1) is 15.1. The Morgan fingerprint density at radius 3 is 2.56 bits per heavy atom. The third-order valence-corrected chi connectivity index (χ3v) is 6.57. The highest BCUT2D eigenvalue weighted by Gasteiger charge is 2.30. The van der Waals surface area contributed by atoms with Gasteiger partial charge in [-0.1, -0.05) is 30.7 Å².